The summed E-state index contributed by atoms with van der Waals surface area (Å²) in [5.74, 6) is 0.531. The number of hydrogen-bond donors (Lipinski definition) is 2. The van der Waals surface area contributed by atoms with Gasteiger partial charge in [0.15, 0.2) is 5.96 Å². The maximum absolute atomic E-state index is 13.9. The molecule has 0 spiro atoms. The number of hydrogen-bond acceptors (Lipinski definition) is 2. The molecule has 1 fully saturated rings. The van der Waals surface area contributed by atoms with Gasteiger partial charge >= 0.3 is 0 Å². The zero-order valence-corrected chi connectivity index (χ0v) is 18.7. The molecular formula is C25H33FN4O. The average molecular weight is 425 g/mol. The number of carbonyl (C=O) groups is 1. The van der Waals surface area contributed by atoms with Gasteiger partial charge in [-0.1, -0.05) is 43.5 Å². The predicted molar refractivity (Wildman–Crippen MR) is 124 cm³/mol. The molecule has 0 radical (unpaired) electrons. The monoisotopic (exact) mass is 424 g/mol. The van der Waals surface area contributed by atoms with Crippen LogP contribution in [-0.2, 0) is 12.0 Å². The highest BCUT2D eigenvalue weighted by Crippen LogP contribution is 2.39. The largest absolute Gasteiger partial charge is 0.356 e. The molecule has 1 amide bonds. The molecule has 1 aliphatic rings. The van der Waals surface area contributed by atoms with Crippen LogP contribution in [0.5, 0.6) is 0 Å². The third kappa shape index (κ3) is 5.84. The first-order valence-electron chi connectivity index (χ1n) is 10.9. The normalized spacial score (nSPS) is 15.9. The Hall–Kier alpha value is -2.89. The van der Waals surface area contributed by atoms with Crippen LogP contribution in [0, 0.1) is 5.82 Å². The van der Waals surface area contributed by atoms with E-state index in [1.165, 1.54) is 12.5 Å². The van der Waals surface area contributed by atoms with Crippen molar-refractivity contribution in [2.24, 2.45) is 4.99 Å². The Morgan fingerprint density at radius 1 is 1.06 bits per heavy atom. The van der Waals surface area contributed by atoms with E-state index in [4.69, 9.17) is 0 Å². The highest BCUT2D eigenvalue weighted by atomic mass is 19.1. The maximum Gasteiger partial charge on any atom is 0.253 e. The van der Waals surface area contributed by atoms with E-state index in [-0.39, 0.29) is 17.1 Å². The number of carbonyl (C=O) groups excluding carboxylic acids is 1. The third-order valence-corrected chi connectivity index (χ3v) is 6.13. The Morgan fingerprint density at radius 2 is 1.77 bits per heavy atom. The molecule has 0 saturated heterocycles. The Kier molecular flexibility index (Phi) is 7.66. The molecule has 2 aromatic carbocycles. The van der Waals surface area contributed by atoms with E-state index in [9.17, 15) is 9.18 Å². The lowest BCUT2D eigenvalue weighted by Crippen LogP contribution is -2.46. The summed E-state index contributed by atoms with van der Waals surface area (Å²) in [6, 6.07) is 14.6. The quantitative estimate of drug-likeness (QED) is 0.542. The predicted octanol–water partition coefficient (Wildman–Crippen LogP) is 4.09. The first kappa shape index (κ1) is 22.8. The molecule has 31 heavy (non-hydrogen) atoms. The van der Waals surface area contributed by atoms with Crippen LogP contribution in [0.2, 0.25) is 0 Å². The third-order valence-electron chi connectivity index (χ3n) is 6.13. The maximum atomic E-state index is 13.9. The van der Waals surface area contributed by atoms with E-state index in [1.807, 2.05) is 30.3 Å². The molecule has 166 valence electrons. The molecular weight excluding hydrogens is 391 g/mol. The van der Waals surface area contributed by atoms with Crippen LogP contribution in [0.25, 0.3) is 0 Å². The minimum Gasteiger partial charge on any atom is -0.356 e. The molecule has 0 heterocycles. The zero-order chi connectivity index (χ0) is 22.3. The first-order valence-corrected chi connectivity index (χ1v) is 10.9. The number of rotatable bonds is 6. The van der Waals surface area contributed by atoms with Gasteiger partial charge in [0, 0.05) is 45.2 Å². The van der Waals surface area contributed by atoms with Crippen molar-refractivity contribution in [1.29, 1.82) is 0 Å². The second-order valence-electron chi connectivity index (χ2n) is 8.53. The van der Waals surface area contributed by atoms with Crippen LogP contribution in [-0.4, -0.2) is 44.5 Å². The molecule has 0 atom stereocenters. The number of nitrogens with zero attached hydrogens (tertiary/aromatic N) is 2. The average Bonchev–Trinajstić information content (AvgIpc) is 2.79. The second kappa shape index (κ2) is 10.4. The van der Waals surface area contributed by atoms with E-state index >= 15 is 0 Å². The van der Waals surface area contributed by atoms with Crippen LogP contribution in [0.15, 0.2) is 53.5 Å². The summed E-state index contributed by atoms with van der Waals surface area (Å²) < 4.78 is 13.9. The topological polar surface area (TPSA) is 56.7 Å². The molecule has 5 nitrogen and oxygen atoms in total. The van der Waals surface area contributed by atoms with Crippen molar-refractivity contribution in [1.82, 2.24) is 15.5 Å². The molecule has 0 aliphatic heterocycles. The summed E-state index contributed by atoms with van der Waals surface area (Å²) in [7, 11) is 5.25. The number of aliphatic imine (C=N–C) groups is 1. The molecule has 6 heteroatoms. The van der Waals surface area contributed by atoms with Crippen molar-refractivity contribution in [2.75, 3.05) is 27.7 Å². The lowest BCUT2D eigenvalue weighted by Gasteiger charge is -2.38. The van der Waals surface area contributed by atoms with Gasteiger partial charge in [0.05, 0.1) is 0 Å². The van der Waals surface area contributed by atoms with Gasteiger partial charge in [-0.25, -0.2) is 4.39 Å². The number of amides is 1. The standard InChI is InChI=1S/C25H33FN4O/c1-27-24(28-17-19-10-12-20(13-11-19)23(31)30(2)3)29-18-25(14-5-4-6-15-25)21-8-7-9-22(26)16-21/h7-13,16H,4-6,14-15,17-18H2,1-3H3,(H2,27,28,29). The lowest BCUT2D eigenvalue weighted by atomic mass is 9.69. The van der Waals surface area contributed by atoms with E-state index in [1.54, 1.807) is 38.2 Å². The Balaban J connectivity index is 1.62. The SMILES string of the molecule is CN=C(NCc1ccc(C(=O)N(C)C)cc1)NCC1(c2cccc(F)c2)CCCCC1. The molecule has 2 aromatic rings. The molecule has 0 unspecified atom stereocenters. The molecule has 1 aliphatic carbocycles. The van der Waals surface area contributed by atoms with Crippen molar-refractivity contribution in [2.45, 2.75) is 44.1 Å². The van der Waals surface area contributed by atoms with Gasteiger partial charge in [-0.05, 0) is 48.2 Å². The summed E-state index contributed by atoms with van der Waals surface area (Å²) in [5.41, 5.74) is 2.73. The van der Waals surface area contributed by atoms with Gasteiger partial charge in [-0.2, -0.15) is 0 Å². The van der Waals surface area contributed by atoms with E-state index in [0.29, 0.717) is 18.7 Å². The summed E-state index contributed by atoms with van der Waals surface area (Å²) in [5, 5.41) is 6.81. The fourth-order valence-corrected chi connectivity index (χ4v) is 4.30. The number of halogens is 1. The minimum absolute atomic E-state index is 0.00730. The van der Waals surface area contributed by atoms with Gasteiger partial charge in [0.25, 0.3) is 5.91 Å². The van der Waals surface area contributed by atoms with Crippen molar-refractivity contribution < 1.29 is 9.18 Å². The number of benzene rings is 2. The molecule has 2 N–H and O–H groups in total. The Labute approximate surface area is 184 Å². The fraction of sp³-hybridized carbons (Fsp3) is 0.440. The molecule has 3 rings (SSSR count). The smallest absolute Gasteiger partial charge is 0.253 e. The molecule has 0 bridgehead atoms. The van der Waals surface area contributed by atoms with Crippen LogP contribution in [0.1, 0.15) is 53.6 Å². The first-order chi connectivity index (χ1) is 14.9. The van der Waals surface area contributed by atoms with Crippen molar-refractivity contribution in [3.63, 3.8) is 0 Å². The highest BCUT2D eigenvalue weighted by Gasteiger charge is 2.34. The van der Waals surface area contributed by atoms with Crippen LogP contribution in [0.4, 0.5) is 4.39 Å². The summed E-state index contributed by atoms with van der Waals surface area (Å²) in [6.07, 6.45) is 5.63. The minimum atomic E-state index is -0.179. The number of guanidine groups is 1. The van der Waals surface area contributed by atoms with Crippen molar-refractivity contribution in [3.05, 3.63) is 71.0 Å². The molecule has 1 saturated carbocycles. The Bertz CT molecular complexity index is 902. The van der Waals surface area contributed by atoms with Gasteiger partial charge in [0.1, 0.15) is 5.82 Å². The van der Waals surface area contributed by atoms with Crippen molar-refractivity contribution in [3.8, 4) is 0 Å². The summed E-state index contributed by atoms with van der Waals surface area (Å²) in [6.45, 7) is 1.31. The zero-order valence-electron chi connectivity index (χ0n) is 18.7. The lowest BCUT2D eigenvalue weighted by molar-refractivity contribution is 0.0827. The van der Waals surface area contributed by atoms with Crippen molar-refractivity contribution >= 4 is 11.9 Å². The summed E-state index contributed by atoms with van der Waals surface area (Å²) >= 11 is 0. The van der Waals surface area contributed by atoms with E-state index in [0.717, 1.165) is 42.8 Å². The summed E-state index contributed by atoms with van der Waals surface area (Å²) in [4.78, 5) is 18.0. The van der Waals surface area contributed by atoms with Gasteiger partial charge in [-0.3, -0.25) is 9.79 Å². The van der Waals surface area contributed by atoms with Gasteiger partial charge in [0.2, 0.25) is 0 Å². The Morgan fingerprint density at radius 3 is 2.39 bits per heavy atom. The molecule has 0 aromatic heterocycles. The fourth-order valence-electron chi connectivity index (χ4n) is 4.30. The van der Waals surface area contributed by atoms with E-state index in [2.05, 4.69) is 15.6 Å². The highest BCUT2D eigenvalue weighted by molar-refractivity contribution is 5.93. The van der Waals surface area contributed by atoms with Gasteiger partial charge in [-0.15, -0.1) is 0 Å². The van der Waals surface area contributed by atoms with Gasteiger partial charge < -0.3 is 15.5 Å². The second-order valence-corrected chi connectivity index (χ2v) is 8.53. The van der Waals surface area contributed by atoms with Crippen LogP contribution < -0.4 is 10.6 Å². The number of nitrogens with one attached hydrogen (secondary N) is 2. The van der Waals surface area contributed by atoms with E-state index < -0.39 is 0 Å². The van der Waals surface area contributed by atoms with Crippen LogP contribution in [0.3, 0.4) is 0 Å². The van der Waals surface area contributed by atoms with Crippen LogP contribution >= 0.6 is 0 Å².